The molecule has 0 aliphatic heterocycles. The van der Waals surface area contributed by atoms with Gasteiger partial charge in [0.25, 0.3) is 5.69 Å². The molecule has 2 aromatic rings. The molecule has 0 aromatic heterocycles. The Morgan fingerprint density at radius 3 is 2.60 bits per heavy atom. The Labute approximate surface area is 118 Å². The molecule has 0 saturated carbocycles. The largest absolute Gasteiger partial charge is 0.375 e. The first-order valence-electron chi connectivity index (χ1n) is 5.59. The van der Waals surface area contributed by atoms with Crippen molar-refractivity contribution in [2.45, 2.75) is 6.54 Å². The molecule has 0 amide bonds. The van der Waals surface area contributed by atoms with E-state index in [2.05, 4.69) is 5.32 Å². The number of nitro benzene ring substituents is 1. The van der Waals surface area contributed by atoms with Crippen LogP contribution < -0.4 is 5.32 Å². The van der Waals surface area contributed by atoms with Crippen molar-refractivity contribution >= 4 is 23.0 Å². The van der Waals surface area contributed by atoms with Gasteiger partial charge in [-0.3, -0.25) is 10.1 Å². The van der Waals surface area contributed by atoms with Crippen LogP contribution >= 0.6 is 11.6 Å². The maximum atomic E-state index is 13.5. The number of nitrogens with zero attached hydrogens (tertiary/aromatic N) is 1. The van der Waals surface area contributed by atoms with Crippen LogP contribution in [0.15, 0.2) is 36.4 Å². The number of halogens is 3. The molecule has 4 nitrogen and oxygen atoms in total. The van der Waals surface area contributed by atoms with Crippen LogP contribution in [0.4, 0.5) is 20.2 Å². The number of nitrogens with one attached hydrogen (secondary N) is 1. The fourth-order valence-electron chi connectivity index (χ4n) is 1.66. The van der Waals surface area contributed by atoms with Gasteiger partial charge in [-0.2, -0.15) is 0 Å². The summed E-state index contributed by atoms with van der Waals surface area (Å²) in [5.74, 6) is -1.40. The first kappa shape index (κ1) is 14.2. The predicted octanol–water partition coefficient (Wildman–Crippen LogP) is 4.14. The Morgan fingerprint density at radius 2 is 1.95 bits per heavy atom. The highest BCUT2D eigenvalue weighted by atomic mass is 35.5. The summed E-state index contributed by atoms with van der Waals surface area (Å²) in [5, 5.41) is 13.9. The molecular formula is C13H9ClF2N2O2. The third-order valence-corrected chi connectivity index (χ3v) is 2.87. The zero-order valence-corrected chi connectivity index (χ0v) is 10.8. The molecule has 7 heteroatoms. The minimum Gasteiger partial charge on any atom is -0.375 e. The zero-order chi connectivity index (χ0) is 14.7. The Balaban J connectivity index is 2.22. The fourth-order valence-corrected chi connectivity index (χ4v) is 1.84. The molecule has 0 radical (unpaired) electrons. The highest BCUT2D eigenvalue weighted by molar-refractivity contribution is 6.31. The van der Waals surface area contributed by atoms with E-state index in [1.54, 1.807) is 0 Å². The number of anilines is 1. The second kappa shape index (κ2) is 5.83. The smallest absolute Gasteiger partial charge is 0.292 e. The zero-order valence-electron chi connectivity index (χ0n) is 10.1. The summed E-state index contributed by atoms with van der Waals surface area (Å²) in [7, 11) is 0. The van der Waals surface area contributed by atoms with Crippen LogP contribution in [0.25, 0.3) is 0 Å². The molecule has 20 heavy (non-hydrogen) atoms. The average Bonchev–Trinajstić information content (AvgIpc) is 2.37. The van der Waals surface area contributed by atoms with Gasteiger partial charge in [0.1, 0.15) is 17.3 Å². The van der Waals surface area contributed by atoms with Gasteiger partial charge in [0.05, 0.1) is 4.92 Å². The topological polar surface area (TPSA) is 55.2 Å². The highest BCUT2D eigenvalue weighted by Crippen LogP contribution is 2.28. The quantitative estimate of drug-likeness (QED) is 0.682. The number of nitro groups is 1. The average molecular weight is 299 g/mol. The van der Waals surface area contributed by atoms with Crippen LogP contribution in [0.3, 0.4) is 0 Å². The van der Waals surface area contributed by atoms with Crippen LogP contribution in [0.1, 0.15) is 5.56 Å². The number of rotatable bonds is 4. The van der Waals surface area contributed by atoms with Crippen LogP contribution in [-0.4, -0.2) is 4.92 Å². The van der Waals surface area contributed by atoms with E-state index in [1.165, 1.54) is 24.3 Å². The van der Waals surface area contributed by atoms with Gasteiger partial charge in [0.2, 0.25) is 0 Å². The lowest BCUT2D eigenvalue weighted by Crippen LogP contribution is -2.04. The van der Waals surface area contributed by atoms with E-state index in [4.69, 9.17) is 11.6 Å². The molecule has 0 atom stereocenters. The molecule has 0 heterocycles. The van der Waals surface area contributed by atoms with Crippen molar-refractivity contribution < 1.29 is 13.7 Å². The molecule has 0 spiro atoms. The Hall–Kier alpha value is -2.21. The highest BCUT2D eigenvalue weighted by Gasteiger charge is 2.14. The normalized spacial score (nSPS) is 10.3. The Bertz CT molecular complexity index is 665. The third-order valence-electron chi connectivity index (χ3n) is 2.64. The second-order valence-corrected chi connectivity index (χ2v) is 4.44. The van der Waals surface area contributed by atoms with Crippen molar-refractivity contribution in [3.63, 3.8) is 0 Å². The van der Waals surface area contributed by atoms with Crippen molar-refractivity contribution in [1.82, 2.24) is 0 Å². The van der Waals surface area contributed by atoms with E-state index in [0.717, 1.165) is 12.1 Å². The molecule has 2 rings (SSSR count). The van der Waals surface area contributed by atoms with E-state index in [0.29, 0.717) is 5.02 Å². The second-order valence-electron chi connectivity index (χ2n) is 4.01. The van der Waals surface area contributed by atoms with Gasteiger partial charge in [0, 0.05) is 29.3 Å². The molecule has 0 aliphatic carbocycles. The van der Waals surface area contributed by atoms with Crippen molar-refractivity contribution in [2.75, 3.05) is 5.32 Å². The first-order chi connectivity index (χ1) is 9.47. The molecule has 0 saturated heterocycles. The van der Waals surface area contributed by atoms with Crippen LogP contribution in [0, 0.1) is 21.7 Å². The van der Waals surface area contributed by atoms with Crippen LogP contribution in [-0.2, 0) is 6.54 Å². The number of hydrogen-bond acceptors (Lipinski definition) is 3. The maximum absolute atomic E-state index is 13.5. The summed E-state index contributed by atoms with van der Waals surface area (Å²) < 4.78 is 26.2. The van der Waals surface area contributed by atoms with Gasteiger partial charge >= 0.3 is 0 Å². The van der Waals surface area contributed by atoms with Gasteiger partial charge in [-0.05, 0) is 18.2 Å². The summed E-state index contributed by atoms with van der Waals surface area (Å²) in [5.41, 5.74) is 0.198. The van der Waals surface area contributed by atoms with Gasteiger partial charge in [0.15, 0.2) is 0 Å². The molecule has 104 valence electrons. The lowest BCUT2D eigenvalue weighted by molar-refractivity contribution is -0.384. The molecule has 2 aromatic carbocycles. The molecule has 0 fully saturated rings. The predicted molar refractivity (Wildman–Crippen MR) is 71.8 cm³/mol. The lowest BCUT2D eigenvalue weighted by Gasteiger charge is -2.08. The molecule has 0 unspecified atom stereocenters. The minimum absolute atomic E-state index is 0.0205. The molecule has 1 N–H and O–H groups in total. The fraction of sp³-hybridized carbons (Fsp3) is 0.0769. The Morgan fingerprint density at radius 1 is 1.20 bits per heavy atom. The summed E-state index contributed by atoms with van der Waals surface area (Å²) in [6.07, 6.45) is 0. The van der Waals surface area contributed by atoms with Crippen molar-refractivity contribution in [1.29, 1.82) is 0 Å². The standard InChI is InChI=1S/C13H9ClF2N2O2/c14-9-2-4-13(18(19)20)12(5-9)17-7-8-1-3-10(15)6-11(8)16/h1-6,17H,7H2. The van der Waals surface area contributed by atoms with Gasteiger partial charge < -0.3 is 5.32 Å². The summed E-state index contributed by atoms with van der Waals surface area (Å²) in [6, 6.07) is 7.17. The molecular weight excluding hydrogens is 290 g/mol. The van der Waals surface area contributed by atoms with E-state index in [1.807, 2.05) is 0 Å². The van der Waals surface area contributed by atoms with Crippen molar-refractivity contribution in [3.05, 3.63) is 68.7 Å². The van der Waals surface area contributed by atoms with Crippen LogP contribution in [0.2, 0.25) is 5.02 Å². The van der Waals surface area contributed by atoms with E-state index in [9.17, 15) is 18.9 Å². The van der Waals surface area contributed by atoms with Crippen LogP contribution in [0.5, 0.6) is 0 Å². The monoisotopic (exact) mass is 298 g/mol. The maximum Gasteiger partial charge on any atom is 0.292 e. The first-order valence-corrected chi connectivity index (χ1v) is 5.97. The van der Waals surface area contributed by atoms with Gasteiger partial charge in [-0.25, -0.2) is 8.78 Å². The van der Waals surface area contributed by atoms with Gasteiger partial charge in [-0.15, -0.1) is 0 Å². The SMILES string of the molecule is O=[N+]([O-])c1ccc(Cl)cc1NCc1ccc(F)cc1F. The van der Waals surface area contributed by atoms with Crippen molar-refractivity contribution in [2.24, 2.45) is 0 Å². The van der Waals surface area contributed by atoms with E-state index in [-0.39, 0.29) is 23.5 Å². The minimum atomic E-state index is -0.720. The Kier molecular flexibility index (Phi) is 4.14. The third kappa shape index (κ3) is 3.21. The van der Waals surface area contributed by atoms with E-state index < -0.39 is 16.6 Å². The summed E-state index contributed by atoms with van der Waals surface area (Å²) >= 11 is 5.77. The summed E-state index contributed by atoms with van der Waals surface area (Å²) in [4.78, 5) is 10.3. The lowest BCUT2D eigenvalue weighted by atomic mass is 10.2. The number of benzene rings is 2. The van der Waals surface area contributed by atoms with Gasteiger partial charge in [-0.1, -0.05) is 17.7 Å². The number of hydrogen-bond donors (Lipinski definition) is 1. The van der Waals surface area contributed by atoms with Crippen molar-refractivity contribution in [3.8, 4) is 0 Å². The molecule has 0 bridgehead atoms. The molecule has 0 aliphatic rings. The van der Waals surface area contributed by atoms with E-state index >= 15 is 0 Å². The summed E-state index contributed by atoms with van der Waals surface area (Å²) in [6.45, 7) is -0.0205.